The van der Waals surface area contributed by atoms with E-state index in [1.165, 1.54) is 0 Å². The van der Waals surface area contributed by atoms with Gasteiger partial charge in [-0.05, 0) is 49.7 Å². The zero-order chi connectivity index (χ0) is 17.6. The van der Waals surface area contributed by atoms with Gasteiger partial charge in [0.25, 0.3) is 5.91 Å². The number of pyridine rings is 1. The van der Waals surface area contributed by atoms with Gasteiger partial charge < -0.3 is 19.2 Å². The number of nitrogens with one attached hydrogen (secondary N) is 1. The lowest BCUT2D eigenvalue weighted by Crippen LogP contribution is -2.22. The highest BCUT2D eigenvalue weighted by molar-refractivity contribution is 5.95. The number of ether oxygens (including phenoxy) is 2. The van der Waals surface area contributed by atoms with Gasteiger partial charge in [0.05, 0.1) is 18.8 Å². The Bertz CT molecular complexity index is 837. The number of carbonyl (C=O) groups is 1. The van der Waals surface area contributed by atoms with Crippen molar-refractivity contribution >= 4 is 11.4 Å². The van der Waals surface area contributed by atoms with E-state index in [0.717, 1.165) is 16.8 Å². The zero-order valence-corrected chi connectivity index (χ0v) is 14.5. The molecule has 3 rings (SSSR count). The Labute approximate surface area is 147 Å². The third-order valence-corrected chi connectivity index (χ3v) is 3.83. The van der Waals surface area contributed by atoms with Crippen molar-refractivity contribution in [2.75, 3.05) is 13.2 Å². The van der Waals surface area contributed by atoms with Gasteiger partial charge in [-0.1, -0.05) is 12.1 Å². The van der Waals surface area contributed by atoms with Gasteiger partial charge in [0.1, 0.15) is 0 Å². The van der Waals surface area contributed by atoms with Crippen LogP contribution < -0.4 is 14.8 Å². The summed E-state index contributed by atoms with van der Waals surface area (Å²) in [4.78, 5) is 12.4. The molecular weight excluding hydrogens is 316 g/mol. The van der Waals surface area contributed by atoms with Crippen LogP contribution in [0.25, 0.3) is 5.52 Å². The molecule has 0 radical (unpaired) electrons. The van der Waals surface area contributed by atoms with Crippen molar-refractivity contribution in [2.24, 2.45) is 0 Å². The summed E-state index contributed by atoms with van der Waals surface area (Å²) >= 11 is 0. The Balaban J connectivity index is 1.69. The fourth-order valence-electron chi connectivity index (χ4n) is 2.67. The fraction of sp³-hybridized carbons (Fsp3) is 0.250. The van der Waals surface area contributed by atoms with Crippen molar-refractivity contribution < 1.29 is 14.3 Å². The van der Waals surface area contributed by atoms with E-state index < -0.39 is 0 Å². The van der Waals surface area contributed by atoms with Crippen LogP contribution in [0.2, 0.25) is 0 Å². The molecule has 2 heterocycles. The first kappa shape index (κ1) is 16.9. The highest BCUT2D eigenvalue weighted by Gasteiger charge is 2.10. The molecule has 130 valence electrons. The van der Waals surface area contributed by atoms with Crippen LogP contribution in [0.1, 0.15) is 29.8 Å². The average Bonchev–Trinajstić information content (AvgIpc) is 3.06. The molecular formula is C20H22N2O3. The van der Waals surface area contributed by atoms with Gasteiger partial charge >= 0.3 is 0 Å². The number of benzene rings is 1. The quantitative estimate of drug-likeness (QED) is 0.715. The average molecular weight is 338 g/mol. The van der Waals surface area contributed by atoms with Gasteiger partial charge in [-0.15, -0.1) is 0 Å². The van der Waals surface area contributed by atoms with Crippen LogP contribution >= 0.6 is 0 Å². The Morgan fingerprint density at radius 1 is 1.04 bits per heavy atom. The summed E-state index contributed by atoms with van der Waals surface area (Å²) in [5, 5.41) is 2.95. The molecule has 0 aliphatic carbocycles. The first-order chi connectivity index (χ1) is 12.2. The standard InChI is InChI=1S/C20H22N2O3/c1-3-24-18-9-8-15(11-19(18)25-4-2)13-21-20(23)16-12-17-7-5-6-10-22(17)14-16/h5-12,14H,3-4,13H2,1-2H3,(H,21,23). The third kappa shape index (κ3) is 3.94. The normalized spacial score (nSPS) is 10.6. The monoisotopic (exact) mass is 338 g/mol. The molecule has 2 aromatic heterocycles. The van der Waals surface area contributed by atoms with Crippen molar-refractivity contribution in [1.82, 2.24) is 9.72 Å². The molecule has 0 fully saturated rings. The van der Waals surface area contributed by atoms with E-state index in [2.05, 4.69) is 5.32 Å². The Morgan fingerprint density at radius 3 is 2.60 bits per heavy atom. The number of aromatic nitrogens is 1. The van der Waals surface area contributed by atoms with E-state index in [1.54, 1.807) is 0 Å². The number of amides is 1. The van der Waals surface area contributed by atoms with Crippen LogP contribution in [0.5, 0.6) is 11.5 Å². The summed E-state index contributed by atoms with van der Waals surface area (Å²) in [6.07, 6.45) is 3.75. The Kier molecular flexibility index (Phi) is 5.23. The molecule has 0 bridgehead atoms. The number of nitrogens with zero attached hydrogens (tertiary/aromatic N) is 1. The van der Waals surface area contributed by atoms with Crippen LogP contribution in [0.4, 0.5) is 0 Å². The molecule has 0 unspecified atom stereocenters. The molecule has 0 saturated heterocycles. The minimum Gasteiger partial charge on any atom is -0.490 e. The maximum Gasteiger partial charge on any atom is 0.253 e. The van der Waals surface area contributed by atoms with Crippen LogP contribution in [0.3, 0.4) is 0 Å². The second kappa shape index (κ2) is 7.75. The van der Waals surface area contributed by atoms with E-state index >= 15 is 0 Å². The molecule has 5 heteroatoms. The Hall–Kier alpha value is -2.95. The smallest absolute Gasteiger partial charge is 0.253 e. The lowest BCUT2D eigenvalue weighted by Gasteiger charge is -2.12. The molecule has 0 spiro atoms. The number of hydrogen-bond donors (Lipinski definition) is 1. The summed E-state index contributed by atoms with van der Waals surface area (Å²) in [5.74, 6) is 1.32. The van der Waals surface area contributed by atoms with Gasteiger partial charge in [-0.25, -0.2) is 0 Å². The van der Waals surface area contributed by atoms with Gasteiger partial charge in [0, 0.05) is 24.5 Å². The van der Waals surface area contributed by atoms with E-state index in [1.807, 2.05) is 73.1 Å². The first-order valence-corrected chi connectivity index (χ1v) is 8.44. The van der Waals surface area contributed by atoms with Crippen molar-refractivity contribution in [1.29, 1.82) is 0 Å². The van der Waals surface area contributed by atoms with Crippen LogP contribution in [-0.4, -0.2) is 23.5 Å². The predicted molar refractivity (Wildman–Crippen MR) is 97.3 cm³/mol. The van der Waals surface area contributed by atoms with E-state index in [4.69, 9.17) is 9.47 Å². The minimum atomic E-state index is -0.101. The van der Waals surface area contributed by atoms with E-state index in [-0.39, 0.29) is 5.91 Å². The van der Waals surface area contributed by atoms with Crippen LogP contribution in [0.15, 0.2) is 54.9 Å². The molecule has 3 aromatic rings. The SMILES string of the molecule is CCOc1ccc(CNC(=O)c2cc3ccccn3c2)cc1OCC. The van der Waals surface area contributed by atoms with Crippen molar-refractivity contribution in [3.8, 4) is 11.5 Å². The molecule has 0 atom stereocenters. The van der Waals surface area contributed by atoms with E-state index in [9.17, 15) is 4.79 Å². The molecule has 1 amide bonds. The molecule has 1 N–H and O–H groups in total. The highest BCUT2D eigenvalue weighted by Crippen LogP contribution is 2.28. The van der Waals surface area contributed by atoms with Crippen LogP contribution in [0, 0.1) is 0 Å². The third-order valence-electron chi connectivity index (χ3n) is 3.83. The van der Waals surface area contributed by atoms with Gasteiger partial charge in [-0.3, -0.25) is 4.79 Å². The van der Waals surface area contributed by atoms with Crippen molar-refractivity contribution in [3.63, 3.8) is 0 Å². The molecule has 0 aliphatic heterocycles. The second-order valence-electron chi connectivity index (χ2n) is 5.59. The van der Waals surface area contributed by atoms with Crippen LogP contribution in [-0.2, 0) is 6.54 Å². The Morgan fingerprint density at radius 2 is 1.84 bits per heavy atom. The summed E-state index contributed by atoms with van der Waals surface area (Å²) in [6.45, 7) is 5.44. The summed E-state index contributed by atoms with van der Waals surface area (Å²) in [7, 11) is 0. The predicted octanol–water partition coefficient (Wildman–Crippen LogP) is 3.67. The number of fused-ring (bicyclic) bond motifs is 1. The number of hydrogen-bond acceptors (Lipinski definition) is 3. The topological polar surface area (TPSA) is 52.0 Å². The van der Waals surface area contributed by atoms with E-state index in [0.29, 0.717) is 31.1 Å². The number of rotatable bonds is 7. The maximum atomic E-state index is 12.4. The zero-order valence-electron chi connectivity index (χ0n) is 14.5. The number of carbonyl (C=O) groups excluding carboxylic acids is 1. The van der Waals surface area contributed by atoms with Crippen molar-refractivity contribution in [2.45, 2.75) is 20.4 Å². The molecule has 5 nitrogen and oxygen atoms in total. The molecule has 1 aromatic carbocycles. The molecule has 0 aliphatic rings. The fourth-order valence-corrected chi connectivity index (χ4v) is 2.67. The highest BCUT2D eigenvalue weighted by atomic mass is 16.5. The minimum absolute atomic E-state index is 0.101. The van der Waals surface area contributed by atoms with Gasteiger partial charge in [0.15, 0.2) is 11.5 Å². The summed E-state index contributed by atoms with van der Waals surface area (Å²) in [5.41, 5.74) is 2.60. The summed E-state index contributed by atoms with van der Waals surface area (Å²) < 4.78 is 13.1. The molecule has 25 heavy (non-hydrogen) atoms. The summed E-state index contributed by atoms with van der Waals surface area (Å²) in [6, 6.07) is 13.4. The first-order valence-electron chi connectivity index (χ1n) is 8.44. The largest absolute Gasteiger partial charge is 0.490 e. The van der Waals surface area contributed by atoms with Gasteiger partial charge in [0.2, 0.25) is 0 Å². The second-order valence-corrected chi connectivity index (χ2v) is 5.59. The lowest BCUT2D eigenvalue weighted by atomic mass is 10.2. The lowest BCUT2D eigenvalue weighted by molar-refractivity contribution is 0.0951. The van der Waals surface area contributed by atoms with Crippen molar-refractivity contribution in [3.05, 3.63) is 66.0 Å². The maximum absolute atomic E-state index is 12.4. The van der Waals surface area contributed by atoms with Gasteiger partial charge in [-0.2, -0.15) is 0 Å². The molecule has 0 saturated carbocycles.